The monoisotopic (exact) mass is 392 g/mol. The van der Waals surface area contributed by atoms with Crippen LogP contribution in [0.5, 0.6) is 11.5 Å². The highest BCUT2D eigenvalue weighted by Crippen LogP contribution is 2.32. The fourth-order valence-electron chi connectivity index (χ4n) is 2.98. The van der Waals surface area contributed by atoms with Gasteiger partial charge in [-0.05, 0) is 42.0 Å². The standard InChI is InChI=1S/C20H19F3N2O3/c21-20(22,23)15-2-1-3-16(13-15)24-8-10-25(11-9-24)19(28)7-5-14-4-6-17(26)18(27)12-14/h1-7,12-13,26-27H,8-11H2/b7-5+. The first-order valence-electron chi connectivity index (χ1n) is 8.65. The first-order chi connectivity index (χ1) is 13.2. The number of alkyl halides is 3. The Labute approximate surface area is 159 Å². The second-order valence-electron chi connectivity index (χ2n) is 6.44. The van der Waals surface area contributed by atoms with Crippen molar-refractivity contribution in [3.63, 3.8) is 0 Å². The number of hydrogen-bond donors (Lipinski definition) is 2. The maximum atomic E-state index is 12.9. The first-order valence-corrected chi connectivity index (χ1v) is 8.65. The van der Waals surface area contributed by atoms with Gasteiger partial charge in [-0.3, -0.25) is 4.79 Å². The number of benzene rings is 2. The van der Waals surface area contributed by atoms with Crippen molar-refractivity contribution in [2.45, 2.75) is 6.18 Å². The molecule has 1 saturated heterocycles. The van der Waals surface area contributed by atoms with Crippen molar-refractivity contribution in [3.8, 4) is 11.5 Å². The molecule has 148 valence electrons. The molecule has 5 nitrogen and oxygen atoms in total. The van der Waals surface area contributed by atoms with Gasteiger partial charge in [0.25, 0.3) is 0 Å². The molecule has 8 heteroatoms. The van der Waals surface area contributed by atoms with Crippen LogP contribution in [0.4, 0.5) is 18.9 Å². The molecule has 0 bridgehead atoms. The summed E-state index contributed by atoms with van der Waals surface area (Å²) in [7, 11) is 0. The third kappa shape index (κ3) is 4.57. The molecule has 2 aromatic carbocycles. The molecule has 0 atom stereocenters. The zero-order chi connectivity index (χ0) is 20.3. The van der Waals surface area contributed by atoms with Crippen LogP contribution in [0.2, 0.25) is 0 Å². The molecule has 28 heavy (non-hydrogen) atoms. The summed E-state index contributed by atoms with van der Waals surface area (Å²) < 4.78 is 38.6. The predicted molar refractivity (Wildman–Crippen MR) is 99.0 cm³/mol. The molecule has 2 N–H and O–H groups in total. The zero-order valence-corrected chi connectivity index (χ0v) is 14.9. The number of rotatable bonds is 3. The Hall–Kier alpha value is -3.16. The number of phenolic OH excluding ortho intramolecular Hbond substituents is 2. The van der Waals surface area contributed by atoms with E-state index in [4.69, 9.17) is 0 Å². The number of halogens is 3. The van der Waals surface area contributed by atoms with Gasteiger partial charge in [-0.2, -0.15) is 13.2 Å². The minimum absolute atomic E-state index is 0.226. The Morgan fingerprint density at radius 2 is 1.68 bits per heavy atom. The number of carbonyl (C=O) groups excluding carboxylic acids is 1. The van der Waals surface area contributed by atoms with Crippen LogP contribution < -0.4 is 4.90 Å². The largest absolute Gasteiger partial charge is 0.504 e. The number of anilines is 1. The van der Waals surface area contributed by atoms with Gasteiger partial charge in [0.15, 0.2) is 11.5 Å². The minimum atomic E-state index is -4.39. The maximum absolute atomic E-state index is 12.9. The molecule has 0 aromatic heterocycles. The molecule has 3 rings (SSSR count). The second-order valence-corrected chi connectivity index (χ2v) is 6.44. The van der Waals surface area contributed by atoms with Crippen LogP contribution in [-0.2, 0) is 11.0 Å². The van der Waals surface area contributed by atoms with E-state index in [1.165, 1.54) is 30.4 Å². The van der Waals surface area contributed by atoms with Crippen LogP contribution in [0.1, 0.15) is 11.1 Å². The Kier molecular flexibility index (Phi) is 5.48. The number of carbonyl (C=O) groups is 1. The van der Waals surface area contributed by atoms with Gasteiger partial charge in [-0.25, -0.2) is 0 Å². The van der Waals surface area contributed by atoms with E-state index in [1.807, 2.05) is 4.90 Å². The molecule has 2 aromatic rings. The summed E-state index contributed by atoms with van der Waals surface area (Å²) in [5, 5.41) is 18.8. The van der Waals surface area contributed by atoms with Gasteiger partial charge in [-0.15, -0.1) is 0 Å². The number of phenols is 2. The average molecular weight is 392 g/mol. The lowest BCUT2D eigenvalue weighted by atomic mass is 10.1. The highest BCUT2D eigenvalue weighted by molar-refractivity contribution is 5.92. The van der Waals surface area contributed by atoms with Crippen molar-refractivity contribution < 1.29 is 28.2 Å². The molecule has 1 amide bonds. The summed E-state index contributed by atoms with van der Waals surface area (Å²) in [4.78, 5) is 15.7. The summed E-state index contributed by atoms with van der Waals surface area (Å²) in [6.45, 7) is 1.64. The third-order valence-corrected chi connectivity index (χ3v) is 4.55. The van der Waals surface area contributed by atoms with Crippen molar-refractivity contribution >= 4 is 17.7 Å². The summed E-state index contributed by atoms with van der Waals surface area (Å²) in [5.74, 6) is -0.741. The molecule has 1 heterocycles. The lowest BCUT2D eigenvalue weighted by molar-refractivity contribution is -0.137. The maximum Gasteiger partial charge on any atom is 0.416 e. The van der Waals surface area contributed by atoms with E-state index in [-0.39, 0.29) is 17.4 Å². The summed E-state index contributed by atoms with van der Waals surface area (Å²) in [6.07, 6.45) is -1.49. The number of piperazine rings is 1. The molecular weight excluding hydrogens is 373 g/mol. The Bertz CT molecular complexity index is 889. The van der Waals surface area contributed by atoms with Crippen molar-refractivity contribution in [1.29, 1.82) is 0 Å². The first kappa shape index (κ1) is 19.6. The number of aromatic hydroxyl groups is 2. The average Bonchev–Trinajstić information content (AvgIpc) is 2.68. The van der Waals surface area contributed by atoms with E-state index >= 15 is 0 Å². The lowest BCUT2D eigenvalue weighted by Gasteiger charge is -2.35. The van der Waals surface area contributed by atoms with Crippen LogP contribution in [0.3, 0.4) is 0 Å². The third-order valence-electron chi connectivity index (χ3n) is 4.55. The van der Waals surface area contributed by atoms with Gasteiger partial charge >= 0.3 is 6.18 Å². The summed E-state index contributed by atoms with van der Waals surface area (Å²) in [5.41, 5.74) is 0.354. The molecule has 0 spiro atoms. The van der Waals surface area contributed by atoms with Crippen molar-refractivity contribution in [1.82, 2.24) is 4.90 Å². The highest BCUT2D eigenvalue weighted by Gasteiger charge is 2.31. The molecule has 0 saturated carbocycles. The second kappa shape index (κ2) is 7.84. The van der Waals surface area contributed by atoms with Crippen LogP contribution in [-0.4, -0.2) is 47.2 Å². The van der Waals surface area contributed by atoms with Crippen LogP contribution >= 0.6 is 0 Å². The topological polar surface area (TPSA) is 64.0 Å². The van der Waals surface area contributed by atoms with E-state index in [2.05, 4.69) is 0 Å². The molecule has 1 aliphatic heterocycles. The fourth-order valence-corrected chi connectivity index (χ4v) is 2.98. The quantitative estimate of drug-likeness (QED) is 0.620. The van der Waals surface area contributed by atoms with E-state index in [9.17, 15) is 28.2 Å². The summed E-state index contributed by atoms with van der Waals surface area (Å²) >= 11 is 0. The smallest absolute Gasteiger partial charge is 0.416 e. The van der Waals surface area contributed by atoms with Gasteiger partial charge < -0.3 is 20.0 Å². The van der Waals surface area contributed by atoms with Gasteiger partial charge in [-0.1, -0.05) is 12.1 Å². The Morgan fingerprint density at radius 1 is 0.964 bits per heavy atom. The molecule has 0 unspecified atom stereocenters. The van der Waals surface area contributed by atoms with Crippen LogP contribution in [0.15, 0.2) is 48.5 Å². The molecule has 0 radical (unpaired) electrons. The Morgan fingerprint density at radius 3 is 2.32 bits per heavy atom. The lowest BCUT2D eigenvalue weighted by Crippen LogP contribution is -2.48. The minimum Gasteiger partial charge on any atom is -0.504 e. The zero-order valence-electron chi connectivity index (χ0n) is 14.9. The normalized spacial score (nSPS) is 15.2. The van der Waals surface area contributed by atoms with Crippen molar-refractivity contribution in [2.75, 3.05) is 31.1 Å². The van der Waals surface area contributed by atoms with E-state index in [1.54, 1.807) is 17.0 Å². The SMILES string of the molecule is O=C(/C=C/c1ccc(O)c(O)c1)N1CCN(c2cccc(C(F)(F)F)c2)CC1. The van der Waals surface area contributed by atoms with Gasteiger partial charge in [0.05, 0.1) is 5.56 Å². The summed E-state index contributed by atoms with van der Waals surface area (Å²) in [6, 6.07) is 9.39. The molecular formula is C20H19F3N2O3. The van der Waals surface area contributed by atoms with Gasteiger partial charge in [0.1, 0.15) is 0 Å². The van der Waals surface area contributed by atoms with Crippen molar-refractivity contribution in [2.24, 2.45) is 0 Å². The van der Waals surface area contributed by atoms with E-state index in [0.717, 1.165) is 12.1 Å². The molecule has 0 aliphatic carbocycles. The van der Waals surface area contributed by atoms with Gasteiger partial charge in [0.2, 0.25) is 5.91 Å². The van der Waals surface area contributed by atoms with Crippen molar-refractivity contribution in [3.05, 3.63) is 59.7 Å². The van der Waals surface area contributed by atoms with Gasteiger partial charge in [0, 0.05) is 37.9 Å². The van der Waals surface area contributed by atoms with Crippen LogP contribution in [0, 0.1) is 0 Å². The number of nitrogens with zero attached hydrogens (tertiary/aromatic N) is 2. The molecule has 1 aliphatic rings. The highest BCUT2D eigenvalue weighted by atomic mass is 19.4. The van der Waals surface area contributed by atoms with Crippen LogP contribution in [0.25, 0.3) is 6.08 Å². The fraction of sp³-hybridized carbons (Fsp3) is 0.250. The number of amides is 1. The Balaban J connectivity index is 1.60. The van der Waals surface area contributed by atoms with E-state index < -0.39 is 11.7 Å². The molecule has 1 fully saturated rings. The number of hydrogen-bond acceptors (Lipinski definition) is 4. The predicted octanol–water partition coefficient (Wildman–Crippen LogP) is 3.48. The van der Waals surface area contributed by atoms with E-state index in [0.29, 0.717) is 37.4 Å².